The summed E-state index contributed by atoms with van der Waals surface area (Å²) in [5, 5.41) is 7.39. The van der Waals surface area contributed by atoms with Gasteiger partial charge < -0.3 is 14.8 Å². The van der Waals surface area contributed by atoms with Gasteiger partial charge in [-0.3, -0.25) is 4.79 Å². The van der Waals surface area contributed by atoms with Crippen molar-refractivity contribution in [2.75, 3.05) is 18.5 Å². The van der Waals surface area contributed by atoms with Gasteiger partial charge in [0.15, 0.2) is 0 Å². The minimum absolute atomic E-state index is 0.213. The van der Waals surface area contributed by atoms with Crippen LogP contribution in [0, 0.1) is 13.8 Å². The van der Waals surface area contributed by atoms with E-state index in [0.717, 1.165) is 17.1 Å². The van der Waals surface area contributed by atoms with E-state index in [-0.39, 0.29) is 5.91 Å². The Morgan fingerprint density at radius 2 is 1.71 bits per heavy atom. The van der Waals surface area contributed by atoms with Crippen LogP contribution in [-0.2, 0) is 0 Å². The second kappa shape index (κ2) is 8.61. The van der Waals surface area contributed by atoms with Crippen LogP contribution in [0.25, 0.3) is 5.69 Å². The molecule has 3 rings (SSSR count). The first-order valence-corrected chi connectivity index (χ1v) is 9.36. The lowest BCUT2D eigenvalue weighted by molar-refractivity contribution is 0.102. The summed E-state index contributed by atoms with van der Waals surface area (Å²) in [5.74, 6) is 1.08. The van der Waals surface area contributed by atoms with E-state index in [1.54, 1.807) is 24.3 Å². The van der Waals surface area contributed by atoms with Crippen LogP contribution in [0.1, 0.15) is 35.6 Å². The highest BCUT2D eigenvalue weighted by atomic mass is 16.5. The van der Waals surface area contributed by atoms with Crippen LogP contribution >= 0.6 is 0 Å². The Balaban J connectivity index is 1.81. The van der Waals surface area contributed by atoms with Crippen LogP contribution in [0.15, 0.2) is 48.5 Å². The number of carbonyl (C=O) groups excluding carboxylic acids is 1. The van der Waals surface area contributed by atoms with E-state index >= 15 is 0 Å². The van der Waals surface area contributed by atoms with Crippen molar-refractivity contribution in [1.29, 1.82) is 0 Å². The third kappa shape index (κ3) is 4.34. The lowest BCUT2D eigenvalue weighted by Crippen LogP contribution is -2.13. The summed E-state index contributed by atoms with van der Waals surface area (Å²) in [6, 6.07) is 14.8. The molecular formula is C22H25N3O3. The van der Waals surface area contributed by atoms with Crippen LogP contribution in [0.4, 0.5) is 5.69 Å². The average molecular weight is 379 g/mol. The summed E-state index contributed by atoms with van der Waals surface area (Å²) in [7, 11) is 0. The van der Waals surface area contributed by atoms with Gasteiger partial charge in [-0.05, 0) is 70.2 Å². The largest absolute Gasteiger partial charge is 0.494 e. The predicted octanol–water partition coefficient (Wildman–Crippen LogP) is 4.54. The second-order valence-corrected chi connectivity index (χ2v) is 6.36. The first-order chi connectivity index (χ1) is 13.5. The highest BCUT2D eigenvalue weighted by Gasteiger charge is 2.12. The maximum atomic E-state index is 12.7. The van der Waals surface area contributed by atoms with Crippen molar-refractivity contribution in [3.8, 4) is 17.2 Å². The minimum Gasteiger partial charge on any atom is -0.494 e. The summed E-state index contributed by atoms with van der Waals surface area (Å²) in [4.78, 5) is 12.7. The van der Waals surface area contributed by atoms with E-state index < -0.39 is 0 Å². The number of ether oxygens (including phenoxy) is 2. The third-order valence-corrected chi connectivity index (χ3v) is 4.19. The molecule has 0 aliphatic heterocycles. The molecule has 0 atom stereocenters. The van der Waals surface area contributed by atoms with Crippen molar-refractivity contribution in [3.63, 3.8) is 0 Å². The third-order valence-electron chi connectivity index (χ3n) is 4.19. The van der Waals surface area contributed by atoms with Gasteiger partial charge in [-0.1, -0.05) is 0 Å². The van der Waals surface area contributed by atoms with Crippen LogP contribution in [0.5, 0.6) is 11.5 Å². The van der Waals surface area contributed by atoms with Gasteiger partial charge in [-0.25, -0.2) is 4.68 Å². The minimum atomic E-state index is -0.213. The molecule has 0 spiro atoms. The number of aryl methyl sites for hydroxylation is 2. The second-order valence-electron chi connectivity index (χ2n) is 6.36. The Labute approximate surface area is 165 Å². The smallest absolute Gasteiger partial charge is 0.255 e. The van der Waals surface area contributed by atoms with E-state index in [4.69, 9.17) is 9.47 Å². The molecule has 1 aromatic heterocycles. The molecule has 1 N–H and O–H groups in total. The molecule has 6 heteroatoms. The molecule has 0 saturated carbocycles. The van der Waals surface area contributed by atoms with E-state index in [1.165, 1.54) is 0 Å². The van der Waals surface area contributed by atoms with Gasteiger partial charge in [-0.15, -0.1) is 0 Å². The van der Waals surface area contributed by atoms with Gasteiger partial charge in [0.05, 0.1) is 30.3 Å². The van der Waals surface area contributed by atoms with Crippen molar-refractivity contribution >= 4 is 11.6 Å². The number of aromatic nitrogens is 2. The Morgan fingerprint density at radius 3 is 2.32 bits per heavy atom. The molecule has 0 radical (unpaired) electrons. The zero-order valence-electron chi connectivity index (χ0n) is 16.7. The molecular weight excluding hydrogens is 354 g/mol. The molecule has 0 aliphatic carbocycles. The standard InChI is InChI=1S/C22H25N3O3/c1-5-27-19-11-12-21(28-6-2)20(14-19)23-22(26)17-7-9-18(10-8-17)25-16(4)13-15(3)24-25/h7-14H,5-6H2,1-4H3,(H,23,26). The van der Waals surface area contributed by atoms with Crippen molar-refractivity contribution < 1.29 is 14.3 Å². The number of benzene rings is 2. The molecule has 0 unspecified atom stereocenters. The molecule has 0 aliphatic rings. The van der Waals surface area contributed by atoms with Crippen LogP contribution < -0.4 is 14.8 Å². The number of anilines is 1. The first kappa shape index (κ1) is 19.5. The topological polar surface area (TPSA) is 65.4 Å². The van der Waals surface area contributed by atoms with Crippen molar-refractivity contribution in [2.45, 2.75) is 27.7 Å². The maximum absolute atomic E-state index is 12.7. The summed E-state index contributed by atoms with van der Waals surface area (Å²) in [5.41, 5.74) is 4.05. The fraction of sp³-hybridized carbons (Fsp3) is 0.273. The number of rotatable bonds is 7. The van der Waals surface area contributed by atoms with Crippen molar-refractivity contribution in [1.82, 2.24) is 9.78 Å². The van der Waals surface area contributed by atoms with E-state index in [0.29, 0.717) is 36.0 Å². The van der Waals surface area contributed by atoms with Gasteiger partial charge in [0.1, 0.15) is 11.5 Å². The Bertz CT molecular complexity index is 962. The predicted molar refractivity (Wildman–Crippen MR) is 110 cm³/mol. The SMILES string of the molecule is CCOc1ccc(OCC)c(NC(=O)c2ccc(-n3nc(C)cc3C)cc2)c1. The Morgan fingerprint density at radius 1 is 1.00 bits per heavy atom. The van der Waals surface area contributed by atoms with Gasteiger partial charge in [0, 0.05) is 17.3 Å². The highest BCUT2D eigenvalue weighted by Crippen LogP contribution is 2.30. The van der Waals surface area contributed by atoms with Gasteiger partial charge in [-0.2, -0.15) is 5.10 Å². The normalized spacial score (nSPS) is 10.6. The molecule has 146 valence electrons. The average Bonchev–Trinajstić information content (AvgIpc) is 3.02. The lowest BCUT2D eigenvalue weighted by atomic mass is 10.2. The summed E-state index contributed by atoms with van der Waals surface area (Å²) in [6.45, 7) is 8.83. The van der Waals surface area contributed by atoms with Gasteiger partial charge in [0.2, 0.25) is 0 Å². The van der Waals surface area contributed by atoms with Gasteiger partial charge in [0.25, 0.3) is 5.91 Å². The lowest BCUT2D eigenvalue weighted by Gasteiger charge is -2.14. The zero-order chi connectivity index (χ0) is 20.1. The number of nitrogens with zero attached hydrogens (tertiary/aromatic N) is 2. The molecule has 1 heterocycles. The molecule has 3 aromatic rings. The molecule has 2 aromatic carbocycles. The fourth-order valence-electron chi connectivity index (χ4n) is 2.98. The number of hydrogen-bond donors (Lipinski definition) is 1. The molecule has 0 fully saturated rings. The van der Waals surface area contributed by atoms with E-state index in [2.05, 4.69) is 10.4 Å². The maximum Gasteiger partial charge on any atom is 0.255 e. The van der Waals surface area contributed by atoms with Crippen LogP contribution in [-0.4, -0.2) is 28.9 Å². The zero-order valence-corrected chi connectivity index (χ0v) is 16.7. The number of nitrogens with one attached hydrogen (secondary N) is 1. The van der Waals surface area contributed by atoms with E-state index in [1.807, 2.05) is 56.6 Å². The quantitative estimate of drug-likeness (QED) is 0.655. The summed E-state index contributed by atoms with van der Waals surface area (Å²) >= 11 is 0. The Hall–Kier alpha value is -3.28. The number of amides is 1. The summed E-state index contributed by atoms with van der Waals surface area (Å²) in [6.07, 6.45) is 0. The van der Waals surface area contributed by atoms with Gasteiger partial charge >= 0.3 is 0 Å². The first-order valence-electron chi connectivity index (χ1n) is 9.36. The molecule has 0 saturated heterocycles. The van der Waals surface area contributed by atoms with E-state index in [9.17, 15) is 4.79 Å². The van der Waals surface area contributed by atoms with Crippen molar-refractivity contribution in [3.05, 3.63) is 65.5 Å². The summed E-state index contributed by atoms with van der Waals surface area (Å²) < 4.78 is 13.0. The number of carbonyl (C=O) groups is 1. The van der Waals surface area contributed by atoms with Crippen LogP contribution in [0.3, 0.4) is 0 Å². The van der Waals surface area contributed by atoms with Crippen molar-refractivity contribution in [2.24, 2.45) is 0 Å². The highest BCUT2D eigenvalue weighted by molar-refractivity contribution is 6.05. The molecule has 6 nitrogen and oxygen atoms in total. The number of hydrogen-bond acceptors (Lipinski definition) is 4. The molecule has 0 bridgehead atoms. The molecule has 28 heavy (non-hydrogen) atoms. The monoisotopic (exact) mass is 379 g/mol. The molecule has 1 amide bonds. The van der Waals surface area contributed by atoms with Crippen LogP contribution in [0.2, 0.25) is 0 Å². The Kier molecular flexibility index (Phi) is 5.99. The fourth-order valence-corrected chi connectivity index (χ4v) is 2.98.